The first-order chi connectivity index (χ1) is 37.6. The number of nitriles is 1. The van der Waals surface area contributed by atoms with E-state index in [2.05, 4.69) is 199 Å². The van der Waals surface area contributed by atoms with Gasteiger partial charge in [0.05, 0.1) is 78.4 Å². The fourth-order valence-corrected chi connectivity index (χ4v) is 12.9. The van der Waals surface area contributed by atoms with Gasteiger partial charge < -0.3 is 27.1 Å². The molecule has 0 fully saturated rings. The van der Waals surface area contributed by atoms with Crippen molar-refractivity contribution >= 4 is 137 Å². The number of benzene rings is 11. The molecule has 0 bridgehead atoms. The van der Waals surface area contributed by atoms with Crippen LogP contribution in [0.3, 0.4) is 0 Å². The third-order valence-electron chi connectivity index (χ3n) is 16.0. The van der Waals surface area contributed by atoms with E-state index in [1.54, 1.807) is 0 Å². The van der Waals surface area contributed by atoms with Crippen LogP contribution in [0.2, 0.25) is 0 Å². The molecule has 17 rings (SSSR count). The van der Waals surface area contributed by atoms with Gasteiger partial charge in [-0.2, -0.15) is 5.26 Å². The van der Waals surface area contributed by atoms with Gasteiger partial charge in [-0.25, -0.2) is 4.85 Å². The maximum atomic E-state index is 11.9. The van der Waals surface area contributed by atoms with Crippen molar-refractivity contribution in [3.8, 4) is 28.8 Å². The van der Waals surface area contributed by atoms with E-state index >= 15 is 0 Å². The Bertz CT molecular complexity index is 5420. The number of nitrogens with zero attached hydrogens (tertiary/aromatic N) is 6. The van der Waals surface area contributed by atoms with Gasteiger partial charge in [-0.3, -0.25) is 0 Å². The zero-order chi connectivity index (χ0) is 49.9. The smallest absolute Gasteiger partial charge is 0.212 e. The first kappa shape index (κ1) is 40.8. The van der Waals surface area contributed by atoms with Crippen molar-refractivity contribution < 1.29 is 8.83 Å². The molecular formula is C68H36N6O2. The fraction of sp³-hybridized carbons (Fsp3) is 0. The summed E-state index contributed by atoms with van der Waals surface area (Å²) in [6.07, 6.45) is 0. The minimum Gasteiger partial charge on any atom is -0.455 e. The van der Waals surface area contributed by atoms with Crippen LogP contribution in [-0.2, 0) is 0 Å². The molecule has 0 aliphatic heterocycles. The highest BCUT2D eigenvalue weighted by Gasteiger charge is 2.28. The van der Waals surface area contributed by atoms with Gasteiger partial charge in [0.25, 0.3) is 0 Å². The Morgan fingerprint density at radius 1 is 0.355 bits per heavy atom. The monoisotopic (exact) mass is 968 g/mol. The van der Waals surface area contributed by atoms with Gasteiger partial charge in [0.15, 0.2) is 0 Å². The second-order valence-electron chi connectivity index (χ2n) is 19.7. The largest absolute Gasteiger partial charge is 0.455 e. The van der Waals surface area contributed by atoms with Gasteiger partial charge in [-0.05, 0) is 103 Å². The second-order valence-corrected chi connectivity index (χ2v) is 19.7. The summed E-state index contributed by atoms with van der Waals surface area (Å²) in [5.41, 5.74) is 14.8. The number of hydrogen-bond donors (Lipinski definition) is 0. The molecule has 0 radical (unpaired) electrons. The Kier molecular flexibility index (Phi) is 7.99. The molecule has 11 aromatic carbocycles. The molecule has 6 heterocycles. The first-order valence-corrected chi connectivity index (χ1v) is 25.3. The number of fused-ring (bicyclic) bond motifs is 20. The van der Waals surface area contributed by atoms with E-state index in [9.17, 15) is 5.26 Å². The third-order valence-corrected chi connectivity index (χ3v) is 16.0. The predicted molar refractivity (Wildman–Crippen MR) is 309 cm³/mol. The zero-order valence-electron chi connectivity index (χ0n) is 40.3. The maximum Gasteiger partial charge on any atom is 0.212 e. The Morgan fingerprint density at radius 3 is 1.21 bits per heavy atom. The normalized spacial score (nSPS) is 12.2. The molecule has 0 atom stereocenters. The van der Waals surface area contributed by atoms with Crippen LogP contribution >= 0.6 is 0 Å². The number of para-hydroxylation sites is 6. The molecule has 350 valence electrons. The summed E-state index contributed by atoms with van der Waals surface area (Å²) in [7, 11) is 0. The number of furan rings is 2. The molecule has 0 aliphatic carbocycles. The lowest BCUT2D eigenvalue weighted by atomic mass is 10.1. The second kappa shape index (κ2) is 14.9. The van der Waals surface area contributed by atoms with Crippen molar-refractivity contribution in [1.29, 1.82) is 5.26 Å². The van der Waals surface area contributed by atoms with Gasteiger partial charge in [-0.15, -0.1) is 0 Å². The minimum absolute atomic E-state index is 0.351. The van der Waals surface area contributed by atoms with Gasteiger partial charge >= 0.3 is 0 Å². The maximum absolute atomic E-state index is 11.9. The van der Waals surface area contributed by atoms with Crippen molar-refractivity contribution in [2.75, 3.05) is 0 Å². The molecule has 0 saturated heterocycles. The number of hydrogen-bond acceptors (Lipinski definition) is 3. The van der Waals surface area contributed by atoms with E-state index in [0.717, 1.165) is 121 Å². The lowest BCUT2D eigenvalue weighted by molar-refractivity contribution is 0.672. The molecular weight excluding hydrogens is 933 g/mol. The Morgan fingerprint density at radius 2 is 0.750 bits per heavy atom. The summed E-state index contributed by atoms with van der Waals surface area (Å²) in [5.74, 6) is 0. The van der Waals surface area contributed by atoms with Gasteiger partial charge in [0, 0.05) is 65.2 Å². The van der Waals surface area contributed by atoms with Crippen molar-refractivity contribution in [2.24, 2.45) is 0 Å². The number of aromatic nitrogens is 4. The summed E-state index contributed by atoms with van der Waals surface area (Å²) in [4.78, 5) is 4.20. The molecule has 0 saturated carbocycles. The predicted octanol–water partition coefficient (Wildman–Crippen LogP) is 18.3. The summed E-state index contributed by atoms with van der Waals surface area (Å²) in [6.45, 7) is 8.78. The van der Waals surface area contributed by atoms with E-state index in [1.165, 1.54) is 21.5 Å². The van der Waals surface area contributed by atoms with Crippen LogP contribution in [0.5, 0.6) is 0 Å². The van der Waals surface area contributed by atoms with Crippen molar-refractivity contribution in [2.45, 2.75) is 0 Å². The molecule has 17 aromatic rings. The molecule has 0 aliphatic rings. The van der Waals surface area contributed by atoms with Crippen molar-refractivity contribution in [3.05, 3.63) is 235 Å². The summed E-state index contributed by atoms with van der Waals surface area (Å²) in [5, 5.41) is 24.4. The van der Waals surface area contributed by atoms with E-state index in [0.29, 0.717) is 22.6 Å². The van der Waals surface area contributed by atoms with E-state index in [4.69, 9.17) is 15.4 Å². The molecule has 8 heteroatoms. The van der Waals surface area contributed by atoms with Gasteiger partial charge in [0.2, 0.25) is 5.69 Å². The van der Waals surface area contributed by atoms with Gasteiger partial charge in [-0.1, -0.05) is 115 Å². The topological polar surface area (TPSA) is 74.2 Å². The number of rotatable bonds is 4. The minimum atomic E-state index is 0.351. The van der Waals surface area contributed by atoms with Gasteiger partial charge in [0.1, 0.15) is 28.4 Å². The summed E-state index contributed by atoms with van der Waals surface area (Å²) >= 11 is 0. The quantitative estimate of drug-likeness (QED) is 0.165. The Balaban J connectivity index is 0.979. The lowest BCUT2D eigenvalue weighted by Crippen LogP contribution is -2.04. The average Bonchev–Trinajstić information content (AvgIpc) is 4.44. The molecule has 0 spiro atoms. The lowest BCUT2D eigenvalue weighted by Gasteiger charge is -2.18. The molecule has 8 nitrogen and oxygen atoms in total. The molecule has 0 unspecified atom stereocenters. The Labute approximate surface area is 431 Å². The van der Waals surface area contributed by atoms with Crippen LogP contribution in [0.4, 0.5) is 5.69 Å². The fourth-order valence-electron chi connectivity index (χ4n) is 12.9. The van der Waals surface area contributed by atoms with Crippen molar-refractivity contribution in [1.82, 2.24) is 18.3 Å². The van der Waals surface area contributed by atoms with Crippen molar-refractivity contribution in [3.63, 3.8) is 0 Å². The molecule has 0 N–H and O–H groups in total. The summed E-state index contributed by atoms with van der Waals surface area (Å²) < 4.78 is 22.7. The van der Waals surface area contributed by atoms with Crippen LogP contribution in [0.1, 0.15) is 5.56 Å². The molecule has 6 aromatic heterocycles. The van der Waals surface area contributed by atoms with Crippen LogP contribution in [0.15, 0.2) is 227 Å². The van der Waals surface area contributed by atoms with E-state index in [1.807, 2.05) is 48.5 Å². The summed E-state index contributed by atoms with van der Waals surface area (Å²) in [6, 6.07) is 78.6. The van der Waals surface area contributed by atoms with Crippen LogP contribution in [0.25, 0.3) is 159 Å². The Hall–Kier alpha value is -10.8. The average molecular weight is 969 g/mol. The highest BCUT2D eigenvalue weighted by molar-refractivity contribution is 6.26. The van der Waals surface area contributed by atoms with Crippen LogP contribution in [0, 0.1) is 17.9 Å². The van der Waals surface area contributed by atoms with Crippen LogP contribution < -0.4 is 0 Å². The standard InChI is InChI=1S/C68H36N6O2/c1-70-52-30-35-59(73-57-31-26-39(71-53-20-8-2-14-41(53)42-15-3-9-21-54(42)71)36-49(57)64-60(73)33-28-47-45-18-6-12-24-62(45)75-67(47)64)51(38-69)66(52)74-58-32-27-40(72-55-22-10-4-16-43(55)44-17-5-11-23-56(44)72)37-50(58)65-61(74)34-29-48-46-19-7-13-25-63(46)76-68(48)65/h2-37H. The SMILES string of the molecule is [C-]#[N+]c1ccc(-n2c3ccc(-n4c5ccccc5c5ccccc54)cc3c3c4oc5ccccc5c4ccc32)c(C#N)c1-n1c2ccc(-n3c4ccccc4c4ccccc43)cc2c2c3oc4ccccc4c3ccc21. The van der Waals surface area contributed by atoms with E-state index in [-0.39, 0.29) is 0 Å². The first-order valence-electron chi connectivity index (χ1n) is 25.3. The third kappa shape index (κ3) is 5.23. The highest BCUT2D eigenvalue weighted by Crippen LogP contribution is 2.48. The van der Waals surface area contributed by atoms with Crippen LogP contribution in [-0.4, -0.2) is 18.3 Å². The highest BCUT2D eigenvalue weighted by atomic mass is 16.3. The molecule has 0 amide bonds. The van der Waals surface area contributed by atoms with E-state index < -0.39 is 0 Å². The molecule has 76 heavy (non-hydrogen) atoms. The zero-order valence-corrected chi connectivity index (χ0v) is 40.3.